The highest BCUT2D eigenvalue weighted by atomic mass is 16.6. The number of esters is 1. The highest BCUT2D eigenvalue weighted by Crippen LogP contribution is 2.20. The molecule has 3 aromatic rings. The molecule has 0 aliphatic carbocycles. The molecular formula is C20H19N3O4. The lowest BCUT2D eigenvalue weighted by atomic mass is 10.1. The van der Waals surface area contributed by atoms with E-state index in [-0.39, 0.29) is 12.2 Å². The number of hydrogen-bond donors (Lipinski definition) is 2. The van der Waals surface area contributed by atoms with Crippen molar-refractivity contribution in [1.29, 1.82) is 0 Å². The molecule has 138 valence electrons. The molecule has 7 nitrogen and oxygen atoms in total. The van der Waals surface area contributed by atoms with E-state index in [2.05, 4.69) is 15.3 Å². The van der Waals surface area contributed by atoms with E-state index in [1.807, 2.05) is 30.3 Å². The van der Waals surface area contributed by atoms with Gasteiger partial charge in [0.2, 0.25) is 5.95 Å². The Kier molecular flexibility index (Phi) is 5.84. The summed E-state index contributed by atoms with van der Waals surface area (Å²) >= 11 is 0. The van der Waals surface area contributed by atoms with Crippen LogP contribution in [0.1, 0.15) is 6.92 Å². The average Bonchev–Trinajstić information content (AvgIpc) is 2.68. The molecule has 0 atom stereocenters. The smallest absolute Gasteiger partial charge is 0.344 e. The molecule has 2 aromatic carbocycles. The molecule has 0 saturated heterocycles. The van der Waals surface area contributed by atoms with Gasteiger partial charge in [-0.15, -0.1) is 0 Å². The number of carbonyl (C=O) groups excluding carboxylic acids is 1. The summed E-state index contributed by atoms with van der Waals surface area (Å²) in [4.78, 5) is 30.3. The minimum absolute atomic E-state index is 0.144. The van der Waals surface area contributed by atoms with Crippen molar-refractivity contribution in [1.82, 2.24) is 9.97 Å². The summed E-state index contributed by atoms with van der Waals surface area (Å²) in [6.45, 7) is 1.91. The van der Waals surface area contributed by atoms with E-state index in [0.717, 1.165) is 5.56 Å². The highest BCUT2D eigenvalue weighted by molar-refractivity contribution is 5.71. The van der Waals surface area contributed by atoms with Crippen LogP contribution in [0.4, 0.5) is 11.6 Å². The van der Waals surface area contributed by atoms with Crippen molar-refractivity contribution in [3.05, 3.63) is 71.0 Å². The van der Waals surface area contributed by atoms with Crippen LogP contribution in [0.2, 0.25) is 0 Å². The summed E-state index contributed by atoms with van der Waals surface area (Å²) in [5.74, 6) is 0.453. The molecule has 0 aliphatic rings. The quantitative estimate of drug-likeness (QED) is 0.625. The van der Waals surface area contributed by atoms with Crippen molar-refractivity contribution in [3.8, 4) is 17.0 Å². The van der Waals surface area contributed by atoms with Gasteiger partial charge in [-0.25, -0.2) is 9.78 Å². The second-order valence-corrected chi connectivity index (χ2v) is 5.59. The largest absolute Gasteiger partial charge is 0.482 e. The molecule has 0 fully saturated rings. The molecule has 0 saturated carbocycles. The standard InChI is InChI=1S/C20H19N3O4/c1-2-26-19(25)13-27-16-10-8-15(9-11-16)21-20-22-17(12-18(24)23-20)14-6-4-3-5-7-14/h3-12H,2,13H2,1H3,(H2,21,22,23,24). The number of aromatic nitrogens is 2. The number of nitrogens with one attached hydrogen (secondary N) is 2. The van der Waals surface area contributed by atoms with Gasteiger partial charge in [0.1, 0.15) is 5.75 Å². The zero-order valence-corrected chi connectivity index (χ0v) is 14.8. The topological polar surface area (TPSA) is 93.3 Å². The maximum absolute atomic E-state index is 11.9. The van der Waals surface area contributed by atoms with Gasteiger partial charge >= 0.3 is 5.97 Å². The van der Waals surface area contributed by atoms with Gasteiger partial charge in [-0.1, -0.05) is 30.3 Å². The Bertz CT molecular complexity index is 953. The first-order valence-electron chi connectivity index (χ1n) is 8.46. The maximum atomic E-state index is 11.9. The van der Waals surface area contributed by atoms with Crippen molar-refractivity contribution in [2.24, 2.45) is 0 Å². The molecule has 0 bridgehead atoms. The van der Waals surface area contributed by atoms with Crippen molar-refractivity contribution in [3.63, 3.8) is 0 Å². The van der Waals surface area contributed by atoms with Crippen LogP contribution in [0.25, 0.3) is 11.3 Å². The van der Waals surface area contributed by atoms with Gasteiger partial charge in [0.15, 0.2) is 6.61 Å². The third-order valence-electron chi connectivity index (χ3n) is 3.59. The van der Waals surface area contributed by atoms with Gasteiger partial charge in [-0.3, -0.25) is 9.78 Å². The van der Waals surface area contributed by atoms with Crippen LogP contribution in [0, 0.1) is 0 Å². The number of H-pyrrole nitrogens is 1. The SMILES string of the molecule is CCOC(=O)COc1ccc(Nc2nc(-c3ccccc3)cc(=O)[nH]2)cc1. The molecule has 1 heterocycles. The number of benzene rings is 2. The number of anilines is 2. The normalized spacial score (nSPS) is 10.3. The number of carbonyl (C=O) groups is 1. The summed E-state index contributed by atoms with van der Waals surface area (Å²) in [6.07, 6.45) is 0. The molecule has 0 unspecified atom stereocenters. The van der Waals surface area contributed by atoms with Crippen LogP contribution < -0.4 is 15.6 Å². The first-order valence-corrected chi connectivity index (χ1v) is 8.46. The summed E-state index contributed by atoms with van der Waals surface area (Å²) in [5.41, 5.74) is 1.90. The van der Waals surface area contributed by atoms with Crippen LogP contribution in [0.15, 0.2) is 65.5 Å². The Balaban J connectivity index is 1.69. The molecule has 3 rings (SSSR count). The van der Waals surface area contributed by atoms with E-state index in [9.17, 15) is 9.59 Å². The Morgan fingerprint density at radius 2 is 1.85 bits per heavy atom. The van der Waals surface area contributed by atoms with Gasteiger partial charge in [0, 0.05) is 17.3 Å². The van der Waals surface area contributed by atoms with E-state index in [1.54, 1.807) is 31.2 Å². The fraction of sp³-hybridized carbons (Fsp3) is 0.150. The minimum atomic E-state index is -0.417. The number of hydrogen-bond acceptors (Lipinski definition) is 6. The van der Waals surface area contributed by atoms with Crippen molar-refractivity contribution in [2.45, 2.75) is 6.92 Å². The third-order valence-corrected chi connectivity index (χ3v) is 3.59. The van der Waals surface area contributed by atoms with E-state index in [4.69, 9.17) is 9.47 Å². The van der Waals surface area contributed by atoms with Gasteiger partial charge in [0.05, 0.1) is 12.3 Å². The zero-order valence-electron chi connectivity index (χ0n) is 14.8. The first kappa shape index (κ1) is 18.2. The average molecular weight is 365 g/mol. The molecule has 7 heteroatoms. The van der Waals surface area contributed by atoms with Gasteiger partial charge in [-0.05, 0) is 31.2 Å². The van der Waals surface area contributed by atoms with E-state index >= 15 is 0 Å². The molecule has 0 aliphatic heterocycles. The molecular weight excluding hydrogens is 346 g/mol. The molecule has 0 spiro atoms. The summed E-state index contributed by atoms with van der Waals surface area (Å²) < 4.78 is 10.2. The lowest BCUT2D eigenvalue weighted by molar-refractivity contribution is -0.145. The van der Waals surface area contributed by atoms with Crippen LogP contribution in [-0.4, -0.2) is 29.2 Å². The Morgan fingerprint density at radius 1 is 1.11 bits per heavy atom. The fourth-order valence-corrected chi connectivity index (χ4v) is 2.39. The van der Waals surface area contributed by atoms with Crippen LogP contribution in [0.3, 0.4) is 0 Å². The van der Waals surface area contributed by atoms with Crippen molar-refractivity contribution >= 4 is 17.6 Å². The number of aromatic amines is 1. The molecule has 2 N–H and O–H groups in total. The van der Waals surface area contributed by atoms with Crippen molar-refractivity contribution in [2.75, 3.05) is 18.5 Å². The molecule has 0 amide bonds. The van der Waals surface area contributed by atoms with Gasteiger partial charge in [0.25, 0.3) is 5.56 Å². The fourth-order valence-electron chi connectivity index (χ4n) is 2.39. The van der Waals surface area contributed by atoms with Crippen molar-refractivity contribution < 1.29 is 14.3 Å². The molecule has 1 aromatic heterocycles. The maximum Gasteiger partial charge on any atom is 0.344 e. The van der Waals surface area contributed by atoms with Crippen LogP contribution in [-0.2, 0) is 9.53 Å². The van der Waals surface area contributed by atoms with Crippen LogP contribution in [0.5, 0.6) is 5.75 Å². The number of rotatable bonds is 7. The molecule has 27 heavy (non-hydrogen) atoms. The second kappa shape index (κ2) is 8.66. The van der Waals surface area contributed by atoms with Crippen LogP contribution >= 0.6 is 0 Å². The summed E-state index contributed by atoms with van der Waals surface area (Å²) in [6, 6.07) is 17.9. The minimum Gasteiger partial charge on any atom is -0.482 e. The highest BCUT2D eigenvalue weighted by Gasteiger charge is 2.06. The monoisotopic (exact) mass is 365 g/mol. The van der Waals surface area contributed by atoms with Gasteiger partial charge in [-0.2, -0.15) is 0 Å². The van der Waals surface area contributed by atoms with E-state index in [0.29, 0.717) is 29.7 Å². The lowest BCUT2D eigenvalue weighted by Gasteiger charge is -2.09. The Morgan fingerprint density at radius 3 is 2.56 bits per heavy atom. The van der Waals surface area contributed by atoms with E-state index in [1.165, 1.54) is 6.07 Å². The second-order valence-electron chi connectivity index (χ2n) is 5.59. The molecule has 0 radical (unpaired) electrons. The zero-order chi connectivity index (χ0) is 19.1. The van der Waals surface area contributed by atoms with Gasteiger partial charge < -0.3 is 14.8 Å². The Labute approximate surface area is 156 Å². The summed E-state index contributed by atoms with van der Waals surface area (Å²) in [7, 11) is 0. The first-order chi connectivity index (χ1) is 13.1. The van der Waals surface area contributed by atoms with E-state index < -0.39 is 5.97 Å². The summed E-state index contributed by atoms with van der Waals surface area (Å²) in [5, 5.41) is 3.05. The predicted octanol–water partition coefficient (Wildman–Crippen LogP) is 3.12. The third kappa shape index (κ3) is 5.18. The lowest BCUT2D eigenvalue weighted by Crippen LogP contribution is -2.14. The number of nitrogens with zero attached hydrogens (tertiary/aromatic N) is 1. The predicted molar refractivity (Wildman–Crippen MR) is 102 cm³/mol. The Hall–Kier alpha value is -3.61. The number of ether oxygens (including phenoxy) is 2.